The standard InChI is InChI=1S/C18H22N2O4S/c1-19(2)20(16-9-10-25(22,23)13-16)18(21)12-24-17-8-7-14-5-3-4-6-15(14)11-17/h3-8,11,16H,9-10,12-13H2,1-2H3. The highest BCUT2D eigenvalue weighted by Crippen LogP contribution is 2.22. The SMILES string of the molecule is CN(C)N(C(=O)COc1ccc2ccccc2c1)C1CCS(=O)(=O)C1. The number of hydrogen-bond acceptors (Lipinski definition) is 5. The van der Waals surface area contributed by atoms with Gasteiger partial charge in [-0.1, -0.05) is 30.3 Å². The molecule has 0 saturated carbocycles. The lowest BCUT2D eigenvalue weighted by Gasteiger charge is -2.33. The average molecular weight is 362 g/mol. The minimum atomic E-state index is -3.06. The molecule has 1 amide bonds. The first-order valence-electron chi connectivity index (χ1n) is 8.17. The Kier molecular flexibility index (Phi) is 4.96. The highest BCUT2D eigenvalue weighted by atomic mass is 32.2. The topological polar surface area (TPSA) is 66.9 Å². The first-order chi connectivity index (χ1) is 11.9. The summed E-state index contributed by atoms with van der Waals surface area (Å²) in [4.78, 5) is 12.6. The molecule has 0 radical (unpaired) electrons. The van der Waals surface area contributed by atoms with Gasteiger partial charge in [-0.25, -0.2) is 13.4 Å². The monoisotopic (exact) mass is 362 g/mol. The summed E-state index contributed by atoms with van der Waals surface area (Å²) in [7, 11) is 0.410. The van der Waals surface area contributed by atoms with Crippen molar-refractivity contribution in [1.82, 2.24) is 10.0 Å². The molecule has 1 fully saturated rings. The van der Waals surface area contributed by atoms with Gasteiger partial charge in [-0.05, 0) is 29.3 Å². The van der Waals surface area contributed by atoms with Crippen molar-refractivity contribution < 1.29 is 17.9 Å². The zero-order valence-corrected chi connectivity index (χ0v) is 15.2. The van der Waals surface area contributed by atoms with Crippen molar-refractivity contribution in [3.8, 4) is 5.75 Å². The van der Waals surface area contributed by atoms with E-state index in [4.69, 9.17) is 4.74 Å². The van der Waals surface area contributed by atoms with Crippen LogP contribution in [0.2, 0.25) is 0 Å². The summed E-state index contributed by atoms with van der Waals surface area (Å²) in [5.74, 6) is 0.498. The van der Waals surface area contributed by atoms with Crippen molar-refractivity contribution in [1.29, 1.82) is 0 Å². The fraction of sp³-hybridized carbons (Fsp3) is 0.389. The molecule has 7 heteroatoms. The van der Waals surface area contributed by atoms with E-state index in [1.54, 1.807) is 19.1 Å². The lowest BCUT2D eigenvalue weighted by atomic mass is 10.1. The number of fused-ring (bicyclic) bond motifs is 1. The summed E-state index contributed by atoms with van der Waals surface area (Å²) < 4.78 is 29.1. The molecule has 0 bridgehead atoms. The Bertz CT molecular complexity index is 880. The van der Waals surface area contributed by atoms with E-state index in [0.29, 0.717) is 12.2 Å². The molecule has 0 spiro atoms. The predicted molar refractivity (Wildman–Crippen MR) is 97.0 cm³/mol. The highest BCUT2D eigenvalue weighted by Gasteiger charge is 2.36. The molecule has 1 heterocycles. The molecule has 1 aliphatic rings. The Morgan fingerprint density at radius 3 is 2.52 bits per heavy atom. The van der Waals surface area contributed by atoms with E-state index in [1.807, 2.05) is 42.5 Å². The van der Waals surface area contributed by atoms with Gasteiger partial charge in [0.1, 0.15) is 5.75 Å². The first-order valence-corrected chi connectivity index (χ1v) is 9.99. The van der Waals surface area contributed by atoms with Crippen molar-refractivity contribution in [3.63, 3.8) is 0 Å². The Morgan fingerprint density at radius 1 is 1.16 bits per heavy atom. The third-order valence-electron chi connectivity index (χ3n) is 4.32. The van der Waals surface area contributed by atoms with Crippen LogP contribution < -0.4 is 4.74 Å². The van der Waals surface area contributed by atoms with Crippen LogP contribution in [0, 0.1) is 0 Å². The van der Waals surface area contributed by atoms with Crippen molar-refractivity contribution in [2.45, 2.75) is 12.5 Å². The van der Waals surface area contributed by atoms with E-state index in [-0.39, 0.29) is 30.1 Å². The van der Waals surface area contributed by atoms with Crippen LogP contribution in [0.4, 0.5) is 0 Å². The van der Waals surface area contributed by atoms with E-state index in [0.717, 1.165) is 10.8 Å². The molecule has 1 unspecified atom stereocenters. The van der Waals surface area contributed by atoms with Crippen molar-refractivity contribution in [2.75, 3.05) is 32.2 Å². The van der Waals surface area contributed by atoms with E-state index in [2.05, 4.69) is 0 Å². The van der Waals surface area contributed by atoms with Crippen LogP contribution in [0.1, 0.15) is 6.42 Å². The Hall–Kier alpha value is -2.12. The summed E-state index contributed by atoms with van der Waals surface area (Å²) in [5, 5.41) is 5.27. The van der Waals surface area contributed by atoms with Crippen LogP contribution in [0.3, 0.4) is 0 Å². The molecule has 25 heavy (non-hydrogen) atoms. The number of hydrazine groups is 1. The molecule has 3 rings (SSSR count). The largest absolute Gasteiger partial charge is 0.484 e. The van der Waals surface area contributed by atoms with Crippen molar-refractivity contribution >= 4 is 26.5 Å². The number of nitrogens with zero attached hydrogens (tertiary/aromatic N) is 2. The van der Waals surface area contributed by atoms with Crippen molar-refractivity contribution in [3.05, 3.63) is 42.5 Å². The van der Waals surface area contributed by atoms with Gasteiger partial charge in [-0.2, -0.15) is 0 Å². The van der Waals surface area contributed by atoms with E-state index < -0.39 is 9.84 Å². The first kappa shape index (κ1) is 17.7. The van der Waals surface area contributed by atoms with Crippen LogP contribution in [0.25, 0.3) is 10.8 Å². The summed E-state index contributed by atoms with van der Waals surface area (Å²) >= 11 is 0. The van der Waals surface area contributed by atoms with E-state index in [9.17, 15) is 13.2 Å². The number of amides is 1. The minimum absolute atomic E-state index is 0.00684. The Balaban J connectivity index is 1.68. The lowest BCUT2D eigenvalue weighted by molar-refractivity contribution is -0.151. The summed E-state index contributed by atoms with van der Waals surface area (Å²) in [6.07, 6.45) is 0.461. The average Bonchev–Trinajstić information content (AvgIpc) is 2.92. The number of hydrogen-bond donors (Lipinski definition) is 0. The number of benzene rings is 2. The van der Waals surface area contributed by atoms with Crippen molar-refractivity contribution in [2.24, 2.45) is 0 Å². The maximum Gasteiger partial charge on any atom is 0.275 e. The smallest absolute Gasteiger partial charge is 0.275 e. The molecular formula is C18H22N2O4S. The quantitative estimate of drug-likeness (QED) is 0.758. The summed E-state index contributed by atoms with van der Waals surface area (Å²) in [6, 6.07) is 13.3. The van der Waals surface area contributed by atoms with Gasteiger partial charge in [-0.15, -0.1) is 0 Å². The molecule has 134 valence electrons. The fourth-order valence-corrected chi connectivity index (χ4v) is 4.88. The third-order valence-corrected chi connectivity index (χ3v) is 6.07. The van der Waals surface area contributed by atoms with Gasteiger partial charge in [0.15, 0.2) is 16.4 Å². The molecule has 2 aromatic carbocycles. The summed E-state index contributed by atoms with van der Waals surface area (Å²) in [5.41, 5.74) is 0. The molecule has 1 saturated heterocycles. The Labute approximate surface area is 147 Å². The second-order valence-electron chi connectivity index (χ2n) is 6.44. The minimum Gasteiger partial charge on any atom is -0.484 e. The number of carbonyl (C=O) groups is 1. The number of sulfone groups is 1. The van der Waals surface area contributed by atoms with Crippen LogP contribution in [-0.2, 0) is 14.6 Å². The van der Waals surface area contributed by atoms with Gasteiger partial charge < -0.3 is 4.74 Å². The van der Waals surface area contributed by atoms with Gasteiger partial charge in [0.25, 0.3) is 5.91 Å². The van der Waals surface area contributed by atoms with Gasteiger partial charge in [0.2, 0.25) is 0 Å². The second-order valence-corrected chi connectivity index (χ2v) is 8.67. The van der Waals surface area contributed by atoms with E-state index >= 15 is 0 Å². The van der Waals surface area contributed by atoms with Crippen LogP contribution >= 0.6 is 0 Å². The van der Waals surface area contributed by atoms with Gasteiger partial charge in [0, 0.05) is 14.1 Å². The molecule has 1 atom stereocenters. The van der Waals surface area contributed by atoms with E-state index in [1.165, 1.54) is 5.01 Å². The number of carbonyl (C=O) groups excluding carboxylic acids is 1. The molecule has 0 N–H and O–H groups in total. The zero-order valence-electron chi connectivity index (χ0n) is 14.4. The number of rotatable bonds is 5. The molecular weight excluding hydrogens is 340 g/mol. The second kappa shape index (κ2) is 7.01. The van der Waals surface area contributed by atoms with Crippen LogP contribution in [-0.4, -0.2) is 62.6 Å². The summed E-state index contributed by atoms with van der Waals surface area (Å²) in [6.45, 7) is -0.132. The molecule has 0 aromatic heterocycles. The van der Waals surface area contributed by atoms with Crippen LogP contribution in [0.15, 0.2) is 42.5 Å². The maximum atomic E-state index is 12.6. The Morgan fingerprint density at radius 2 is 1.88 bits per heavy atom. The highest BCUT2D eigenvalue weighted by molar-refractivity contribution is 7.91. The molecule has 2 aromatic rings. The number of ether oxygens (including phenoxy) is 1. The lowest BCUT2D eigenvalue weighted by Crippen LogP contribution is -2.51. The normalized spacial score (nSPS) is 19.2. The predicted octanol–water partition coefficient (Wildman–Crippen LogP) is 1.71. The van der Waals surface area contributed by atoms with Crippen LogP contribution in [0.5, 0.6) is 5.75 Å². The van der Waals surface area contributed by atoms with Gasteiger partial charge in [0.05, 0.1) is 17.5 Å². The molecule has 0 aliphatic carbocycles. The molecule has 1 aliphatic heterocycles. The fourth-order valence-electron chi connectivity index (χ4n) is 3.19. The maximum absolute atomic E-state index is 12.6. The zero-order chi connectivity index (χ0) is 18.0. The third kappa shape index (κ3) is 4.11. The van der Waals surface area contributed by atoms with Gasteiger partial charge >= 0.3 is 0 Å². The van der Waals surface area contributed by atoms with Gasteiger partial charge in [-0.3, -0.25) is 9.80 Å². The molecule has 6 nitrogen and oxygen atoms in total.